The third kappa shape index (κ3) is 7.08. The Bertz CT molecular complexity index is 162. The Balaban J connectivity index is 3.27. The molecule has 0 atom stereocenters. The van der Waals surface area contributed by atoms with E-state index in [1.54, 1.807) is 6.92 Å². The van der Waals surface area contributed by atoms with Crippen LogP contribution in [0.2, 0.25) is 0 Å². The quantitative estimate of drug-likeness (QED) is 0.603. The predicted molar refractivity (Wildman–Crippen MR) is 44.0 cm³/mol. The second kappa shape index (κ2) is 7.30. The Labute approximate surface area is 67.6 Å². The fraction of sp³-hybridized carbons (Fsp3) is 0.667. The number of hydrogen-bond donors (Lipinski definition) is 1. The van der Waals surface area contributed by atoms with Gasteiger partial charge in [0.15, 0.2) is 0 Å². The topological polar surface area (TPSA) is 37.3 Å². The van der Waals surface area contributed by atoms with Crippen LogP contribution in [-0.4, -0.2) is 17.5 Å². The minimum Gasteiger partial charge on any atom is -0.396 e. The highest BCUT2D eigenvalue weighted by Crippen LogP contribution is 1.96. The van der Waals surface area contributed by atoms with Crippen molar-refractivity contribution >= 4 is 5.78 Å². The van der Waals surface area contributed by atoms with Crippen molar-refractivity contribution in [1.29, 1.82) is 0 Å². The van der Waals surface area contributed by atoms with E-state index in [-0.39, 0.29) is 12.4 Å². The smallest absolute Gasteiger partial charge is 0.133 e. The summed E-state index contributed by atoms with van der Waals surface area (Å²) in [7, 11) is 0. The summed E-state index contributed by atoms with van der Waals surface area (Å²) in [5.74, 6) is 5.75. The molecule has 0 aliphatic heterocycles. The number of rotatable bonds is 5. The van der Waals surface area contributed by atoms with Crippen LogP contribution in [0.25, 0.3) is 0 Å². The minimum atomic E-state index is 0.102. The number of ketones is 1. The van der Waals surface area contributed by atoms with E-state index in [0.717, 1.165) is 0 Å². The Hall–Kier alpha value is -0.810. The normalized spacial score (nSPS) is 8.55. The van der Waals surface area contributed by atoms with Crippen LogP contribution < -0.4 is 0 Å². The van der Waals surface area contributed by atoms with E-state index in [0.29, 0.717) is 25.7 Å². The molecular formula is C9H14O2. The van der Waals surface area contributed by atoms with Crippen molar-refractivity contribution in [2.45, 2.75) is 32.6 Å². The maximum Gasteiger partial charge on any atom is 0.133 e. The van der Waals surface area contributed by atoms with Gasteiger partial charge in [-0.15, -0.1) is 11.8 Å². The van der Waals surface area contributed by atoms with Gasteiger partial charge in [0.2, 0.25) is 0 Å². The van der Waals surface area contributed by atoms with Gasteiger partial charge >= 0.3 is 0 Å². The van der Waals surface area contributed by atoms with E-state index in [4.69, 9.17) is 5.11 Å². The first-order valence-corrected chi connectivity index (χ1v) is 3.83. The number of aliphatic hydroxyl groups excluding tert-OH is 1. The second-order valence-corrected chi connectivity index (χ2v) is 2.29. The van der Waals surface area contributed by atoms with Crippen molar-refractivity contribution in [3.05, 3.63) is 0 Å². The summed E-state index contributed by atoms with van der Waals surface area (Å²) in [6.07, 6.45) is 2.25. The number of carbonyl (C=O) groups excluding carboxylic acids is 1. The standard InChI is InChI=1S/C9H14O2/c1-2-3-4-6-9(11)7-5-8-10/h10H,4-8H2,1H3. The van der Waals surface area contributed by atoms with Crippen molar-refractivity contribution in [1.82, 2.24) is 0 Å². The summed E-state index contributed by atoms with van der Waals surface area (Å²) in [4.78, 5) is 10.9. The molecule has 0 rings (SSSR count). The monoisotopic (exact) mass is 154 g/mol. The van der Waals surface area contributed by atoms with Crippen molar-refractivity contribution in [2.75, 3.05) is 6.61 Å². The number of Topliss-reactive ketones (excluding diaryl/α,β-unsaturated/α-hetero) is 1. The summed E-state index contributed by atoms with van der Waals surface area (Å²) in [6.45, 7) is 1.86. The fourth-order valence-electron chi connectivity index (χ4n) is 0.728. The third-order valence-electron chi connectivity index (χ3n) is 1.32. The van der Waals surface area contributed by atoms with Gasteiger partial charge < -0.3 is 5.11 Å². The minimum absolute atomic E-state index is 0.102. The lowest BCUT2D eigenvalue weighted by molar-refractivity contribution is -0.119. The van der Waals surface area contributed by atoms with Crippen molar-refractivity contribution in [2.24, 2.45) is 0 Å². The van der Waals surface area contributed by atoms with Gasteiger partial charge in [-0.2, -0.15) is 0 Å². The van der Waals surface area contributed by atoms with Crippen LogP contribution in [0.3, 0.4) is 0 Å². The van der Waals surface area contributed by atoms with Crippen LogP contribution in [0.4, 0.5) is 0 Å². The molecule has 0 unspecified atom stereocenters. The summed E-state index contributed by atoms with van der Waals surface area (Å²) in [6, 6.07) is 0. The largest absolute Gasteiger partial charge is 0.396 e. The molecule has 62 valence electrons. The van der Waals surface area contributed by atoms with Crippen molar-refractivity contribution in [3.8, 4) is 11.8 Å². The molecule has 0 heterocycles. The molecule has 0 aromatic heterocycles. The average molecular weight is 154 g/mol. The molecule has 0 aliphatic carbocycles. The fourth-order valence-corrected chi connectivity index (χ4v) is 0.728. The Morgan fingerprint density at radius 3 is 2.73 bits per heavy atom. The van der Waals surface area contributed by atoms with E-state index in [9.17, 15) is 4.79 Å². The zero-order valence-electron chi connectivity index (χ0n) is 6.89. The second-order valence-electron chi connectivity index (χ2n) is 2.29. The lowest BCUT2D eigenvalue weighted by Gasteiger charge is -1.93. The average Bonchev–Trinajstić information content (AvgIpc) is 2.01. The molecule has 1 N–H and O–H groups in total. The van der Waals surface area contributed by atoms with Gasteiger partial charge in [0, 0.05) is 25.9 Å². The molecule has 0 radical (unpaired) electrons. The first kappa shape index (κ1) is 10.2. The molecular weight excluding hydrogens is 140 g/mol. The Kier molecular flexibility index (Phi) is 6.76. The SMILES string of the molecule is CC#CCCC(=O)CCCO. The van der Waals surface area contributed by atoms with Gasteiger partial charge in [-0.05, 0) is 13.3 Å². The molecule has 0 aromatic carbocycles. The highest BCUT2D eigenvalue weighted by Gasteiger charge is 1.98. The molecule has 0 fully saturated rings. The highest BCUT2D eigenvalue weighted by molar-refractivity contribution is 5.78. The highest BCUT2D eigenvalue weighted by atomic mass is 16.3. The Morgan fingerprint density at radius 1 is 1.45 bits per heavy atom. The molecule has 2 heteroatoms. The zero-order chi connectivity index (χ0) is 8.53. The molecule has 0 spiro atoms. The predicted octanol–water partition coefficient (Wildman–Crippen LogP) is 1.13. The van der Waals surface area contributed by atoms with Gasteiger partial charge in [0.05, 0.1) is 0 Å². The maximum absolute atomic E-state index is 10.9. The van der Waals surface area contributed by atoms with E-state index < -0.39 is 0 Å². The molecule has 0 saturated carbocycles. The summed E-state index contributed by atoms with van der Waals surface area (Å²) < 4.78 is 0. The zero-order valence-corrected chi connectivity index (χ0v) is 6.89. The molecule has 11 heavy (non-hydrogen) atoms. The van der Waals surface area contributed by atoms with Crippen LogP contribution in [0.15, 0.2) is 0 Å². The van der Waals surface area contributed by atoms with Crippen molar-refractivity contribution in [3.63, 3.8) is 0 Å². The van der Waals surface area contributed by atoms with Gasteiger partial charge in [-0.25, -0.2) is 0 Å². The number of carbonyl (C=O) groups is 1. The van der Waals surface area contributed by atoms with Gasteiger partial charge in [-0.1, -0.05) is 0 Å². The maximum atomic E-state index is 10.9. The van der Waals surface area contributed by atoms with Crippen LogP contribution in [-0.2, 0) is 4.79 Å². The molecule has 0 aromatic rings. The van der Waals surface area contributed by atoms with Crippen LogP contribution >= 0.6 is 0 Å². The Morgan fingerprint density at radius 2 is 2.18 bits per heavy atom. The van der Waals surface area contributed by atoms with Gasteiger partial charge in [0.25, 0.3) is 0 Å². The van der Waals surface area contributed by atoms with Gasteiger partial charge in [0.1, 0.15) is 5.78 Å². The third-order valence-corrected chi connectivity index (χ3v) is 1.32. The molecule has 0 aliphatic rings. The number of hydrogen-bond acceptors (Lipinski definition) is 2. The summed E-state index contributed by atoms with van der Waals surface area (Å²) in [5.41, 5.74) is 0. The van der Waals surface area contributed by atoms with E-state index in [1.807, 2.05) is 0 Å². The summed E-state index contributed by atoms with van der Waals surface area (Å²) >= 11 is 0. The van der Waals surface area contributed by atoms with Crippen molar-refractivity contribution < 1.29 is 9.90 Å². The van der Waals surface area contributed by atoms with E-state index in [2.05, 4.69) is 11.8 Å². The lowest BCUT2D eigenvalue weighted by Crippen LogP contribution is -1.98. The first-order chi connectivity index (χ1) is 5.31. The van der Waals surface area contributed by atoms with Gasteiger partial charge in [-0.3, -0.25) is 4.79 Å². The lowest BCUT2D eigenvalue weighted by atomic mass is 10.1. The molecule has 0 amide bonds. The van der Waals surface area contributed by atoms with Crippen LogP contribution in [0.5, 0.6) is 0 Å². The first-order valence-electron chi connectivity index (χ1n) is 3.83. The van der Waals surface area contributed by atoms with Crippen LogP contribution in [0.1, 0.15) is 32.6 Å². The summed E-state index contributed by atoms with van der Waals surface area (Å²) in [5, 5.41) is 8.41. The molecule has 0 bridgehead atoms. The molecule has 2 nitrogen and oxygen atoms in total. The number of aliphatic hydroxyl groups is 1. The molecule has 0 saturated heterocycles. The van der Waals surface area contributed by atoms with E-state index in [1.165, 1.54) is 0 Å². The van der Waals surface area contributed by atoms with Crippen LogP contribution in [0, 0.1) is 11.8 Å². The van der Waals surface area contributed by atoms with E-state index >= 15 is 0 Å².